The van der Waals surface area contributed by atoms with E-state index >= 15 is 0 Å². The van der Waals surface area contributed by atoms with Gasteiger partial charge in [-0.15, -0.1) is 0 Å². The van der Waals surface area contributed by atoms with Crippen LogP contribution in [0.25, 0.3) is 11.6 Å². The fourth-order valence-corrected chi connectivity index (χ4v) is 2.88. The van der Waals surface area contributed by atoms with Gasteiger partial charge in [0.05, 0.1) is 18.4 Å². The van der Waals surface area contributed by atoms with Gasteiger partial charge in [0.25, 0.3) is 5.91 Å². The Labute approximate surface area is 139 Å². The number of fused-ring (bicyclic) bond motifs is 1. The van der Waals surface area contributed by atoms with Crippen molar-refractivity contribution in [1.29, 1.82) is 0 Å². The normalized spacial score (nSPS) is 14.5. The van der Waals surface area contributed by atoms with Crippen LogP contribution in [0.1, 0.15) is 32.6 Å². The maximum absolute atomic E-state index is 12.4. The van der Waals surface area contributed by atoms with Crippen molar-refractivity contribution in [3.63, 3.8) is 0 Å². The third-order valence-electron chi connectivity index (χ3n) is 4.07. The van der Waals surface area contributed by atoms with Gasteiger partial charge in [-0.3, -0.25) is 4.79 Å². The number of phenols is 1. The molecule has 122 valence electrons. The fourth-order valence-electron chi connectivity index (χ4n) is 2.88. The van der Waals surface area contributed by atoms with Gasteiger partial charge < -0.3 is 15.2 Å². The van der Waals surface area contributed by atoms with Crippen molar-refractivity contribution in [3.05, 3.63) is 58.1 Å². The molecule has 0 radical (unpaired) electrons. The second kappa shape index (κ2) is 5.85. The number of anilines is 1. The van der Waals surface area contributed by atoms with Gasteiger partial charge in [-0.1, -0.05) is 12.1 Å². The first-order chi connectivity index (χ1) is 11.4. The van der Waals surface area contributed by atoms with Crippen LogP contribution in [0.15, 0.2) is 30.3 Å². The zero-order chi connectivity index (χ0) is 17.4. The molecule has 0 unspecified atom stereocenters. The Bertz CT molecular complexity index is 873. The van der Waals surface area contributed by atoms with Gasteiger partial charge in [0.2, 0.25) is 0 Å². The van der Waals surface area contributed by atoms with Gasteiger partial charge in [0.15, 0.2) is 0 Å². The summed E-state index contributed by atoms with van der Waals surface area (Å²) in [7, 11) is 1.30. The van der Waals surface area contributed by atoms with Crippen molar-refractivity contribution in [2.75, 3.05) is 12.4 Å². The standard InChI is InChI=1S/C19H17NO4/c1-10-7-12(8-11(2)17(10)21)9-15-13-5-4-6-14(19(23)24-3)16(13)20-18(15)22/h4-9,21H,1-3H3,(H,20,22)/b15-9-. The predicted molar refractivity (Wildman–Crippen MR) is 91.9 cm³/mol. The van der Waals surface area contributed by atoms with Crippen molar-refractivity contribution >= 4 is 29.2 Å². The van der Waals surface area contributed by atoms with Crippen molar-refractivity contribution in [1.82, 2.24) is 0 Å². The lowest BCUT2D eigenvalue weighted by molar-refractivity contribution is -0.110. The number of carbonyl (C=O) groups excluding carboxylic acids is 2. The van der Waals surface area contributed by atoms with E-state index in [1.54, 1.807) is 24.3 Å². The van der Waals surface area contributed by atoms with E-state index in [1.807, 2.05) is 26.0 Å². The molecular weight excluding hydrogens is 306 g/mol. The van der Waals surface area contributed by atoms with Crippen LogP contribution in [0.3, 0.4) is 0 Å². The molecule has 0 atom stereocenters. The Morgan fingerprint density at radius 3 is 2.50 bits per heavy atom. The van der Waals surface area contributed by atoms with Crippen LogP contribution >= 0.6 is 0 Å². The second-order valence-electron chi connectivity index (χ2n) is 5.74. The molecule has 2 N–H and O–H groups in total. The predicted octanol–water partition coefficient (Wildman–Crippen LogP) is 3.29. The molecule has 0 fully saturated rings. The number of rotatable bonds is 2. The van der Waals surface area contributed by atoms with Gasteiger partial charge >= 0.3 is 5.97 Å². The molecule has 1 heterocycles. The molecule has 1 aliphatic rings. The van der Waals surface area contributed by atoms with Crippen molar-refractivity contribution in [2.45, 2.75) is 13.8 Å². The first-order valence-corrected chi connectivity index (χ1v) is 7.47. The maximum Gasteiger partial charge on any atom is 0.339 e. The quantitative estimate of drug-likeness (QED) is 0.657. The number of nitrogens with one attached hydrogen (secondary N) is 1. The number of hydrogen-bond donors (Lipinski definition) is 2. The summed E-state index contributed by atoms with van der Waals surface area (Å²) in [6, 6.07) is 8.73. The molecule has 0 saturated heterocycles. The Hall–Kier alpha value is -3.08. The summed E-state index contributed by atoms with van der Waals surface area (Å²) in [5.74, 6) is -0.518. The average molecular weight is 323 g/mol. The lowest BCUT2D eigenvalue weighted by atomic mass is 9.99. The second-order valence-corrected chi connectivity index (χ2v) is 5.74. The molecule has 3 rings (SSSR count). The number of amides is 1. The highest BCUT2D eigenvalue weighted by molar-refractivity contribution is 6.36. The number of aryl methyl sites for hydroxylation is 2. The number of hydrogen-bond acceptors (Lipinski definition) is 4. The summed E-state index contributed by atoms with van der Waals surface area (Å²) in [6.45, 7) is 3.62. The van der Waals surface area contributed by atoms with Gasteiger partial charge in [-0.05, 0) is 54.8 Å². The Morgan fingerprint density at radius 1 is 1.21 bits per heavy atom. The summed E-state index contributed by atoms with van der Waals surface area (Å²) in [5, 5.41) is 12.6. The van der Waals surface area contributed by atoms with Crippen LogP contribution in [0, 0.1) is 13.8 Å². The molecule has 0 aromatic heterocycles. The van der Waals surface area contributed by atoms with Crippen LogP contribution in [0.5, 0.6) is 5.75 Å². The third-order valence-corrected chi connectivity index (χ3v) is 4.07. The maximum atomic E-state index is 12.4. The summed E-state index contributed by atoms with van der Waals surface area (Å²) >= 11 is 0. The fraction of sp³-hybridized carbons (Fsp3) is 0.158. The van der Waals surface area contributed by atoms with E-state index in [-0.39, 0.29) is 11.7 Å². The summed E-state index contributed by atoms with van der Waals surface area (Å²) in [5.41, 5.74) is 4.21. The highest BCUT2D eigenvalue weighted by Crippen LogP contribution is 2.36. The molecule has 1 aliphatic heterocycles. The minimum Gasteiger partial charge on any atom is -0.507 e. The number of benzene rings is 2. The Kier molecular flexibility index (Phi) is 3.85. The molecule has 5 heteroatoms. The summed E-state index contributed by atoms with van der Waals surface area (Å²) < 4.78 is 4.76. The largest absolute Gasteiger partial charge is 0.507 e. The molecule has 0 spiro atoms. The van der Waals surface area contributed by atoms with E-state index < -0.39 is 5.97 Å². The van der Waals surface area contributed by atoms with Crippen molar-refractivity contribution in [2.24, 2.45) is 0 Å². The van der Waals surface area contributed by atoms with E-state index in [4.69, 9.17) is 4.74 Å². The molecule has 24 heavy (non-hydrogen) atoms. The zero-order valence-electron chi connectivity index (χ0n) is 13.6. The van der Waals surface area contributed by atoms with Gasteiger partial charge in [0, 0.05) is 11.1 Å². The minimum absolute atomic E-state index is 0.251. The SMILES string of the molecule is COC(=O)c1cccc2c1NC(=O)/C2=C\c1cc(C)c(O)c(C)c1. The van der Waals surface area contributed by atoms with E-state index in [1.165, 1.54) is 7.11 Å². The lowest BCUT2D eigenvalue weighted by Crippen LogP contribution is -2.08. The topological polar surface area (TPSA) is 75.6 Å². The number of carbonyl (C=O) groups is 2. The zero-order valence-corrected chi connectivity index (χ0v) is 13.6. The smallest absolute Gasteiger partial charge is 0.339 e. The van der Waals surface area contributed by atoms with Crippen LogP contribution in [0.4, 0.5) is 5.69 Å². The molecule has 0 aliphatic carbocycles. The number of methoxy groups -OCH3 is 1. The van der Waals surface area contributed by atoms with E-state index in [0.717, 1.165) is 16.7 Å². The number of para-hydroxylation sites is 1. The number of aromatic hydroxyl groups is 1. The summed E-state index contributed by atoms with van der Waals surface area (Å²) in [4.78, 5) is 24.2. The monoisotopic (exact) mass is 323 g/mol. The van der Waals surface area contributed by atoms with Crippen molar-refractivity contribution < 1.29 is 19.4 Å². The van der Waals surface area contributed by atoms with Crippen LogP contribution in [0.2, 0.25) is 0 Å². The molecule has 1 amide bonds. The van der Waals surface area contributed by atoms with E-state index in [0.29, 0.717) is 22.4 Å². The van der Waals surface area contributed by atoms with E-state index in [9.17, 15) is 14.7 Å². The first-order valence-electron chi connectivity index (χ1n) is 7.47. The summed E-state index contributed by atoms with van der Waals surface area (Å²) in [6.07, 6.45) is 1.75. The van der Waals surface area contributed by atoms with E-state index in [2.05, 4.69) is 5.32 Å². The van der Waals surface area contributed by atoms with Gasteiger partial charge in [0.1, 0.15) is 5.75 Å². The van der Waals surface area contributed by atoms with Crippen molar-refractivity contribution in [3.8, 4) is 5.75 Å². The van der Waals surface area contributed by atoms with Gasteiger partial charge in [-0.2, -0.15) is 0 Å². The average Bonchev–Trinajstić information content (AvgIpc) is 2.87. The molecule has 2 aromatic carbocycles. The number of esters is 1. The van der Waals surface area contributed by atoms with Crippen LogP contribution in [-0.2, 0) is 9.53 Å². The third kappa shape index (κ3) is 2.54. The van der Waals surface area contributed by atoms with Crippen LogP contribution in [-0.4, -0.2) is 24.1 Å². The Balaban J connectivity index is 2.13. The molecule has 0 bridgehead atoms. The number of phenolic OH excluding ortho intramolecular Hbond substituents is 1. The lowest BCUT2D eigenvalue weighted by Gasteiger charge is -2.06. The highest BCUT2D eigenvalue weighted by Gasteiger charge is 2.28. The van der Waals surface area contributed by atoms with Gasteiger partial charge in [-0.25, -0.2) is 4.79 Å². The minimum atomic E-state index is -0.496. The highest BCUT2D eigenvalue weighted by atomic mass is 16.5. The molecule has 5 nitrogen and oxygen atoms in total. The molecular formula is C19H17NO4. The molecule has 2 aromatic rings. The van der Waals surface area contributed by atoms with Crippen LogP contribution < -0.4 is 5.32 Å². The molecule has 0 saturated carbocycles. The Morgan fingerprint density at radius 2 is 1.88 bits per heavy atom. The first kappa shape index (κ1) is 15.8. The number of ether oxygens (including phenoxy) is 1.